The molecule has 1 aromatic rings. The van der Waals surface area contributed by atoms with Crippen LogP contribution in [0.3, 0.4) is 0 Å². The van der Waals surface area contributed by atoms with E-state index in [0.29, 0.717) is 0 Å². The van der Waals surface area contributed by atoms with Crippen LogP contribution in [0, 0.1) is 30.2 Å². The van der Waals surface area contributed by atoms with E-state index in [-0.39, 0.29) is 18.5 Å². The van der Waals surface area contributed by atoms with Gasteiger partial charge >= 0.3 is 0 Å². The van der Waals surface area contributed by atoms with Crippen molar-refractivity contribution in [1.82, 2.24) is 5.32 Å². The zero-order valence-electron chi connectivity index (χ0n) is 12.5. The van der Waals surface area contributed by atoms with Gasteiger partial charge in [-0.15, -0.1) is 0 Å². The minimum atomic E-state index is -4.61. The molecule has 0 atom stereocenters. The van der Waals surface area contributed by atoms with Gasteiger partial charge in [-0.2, -0.15) is 0 Å². The second-order valence-corrected chi connectivity index (χ2v) is 6.96. The predicted molar refractivity (Wildman–Crippen MR) is 75.5 cm³/mol. The smallest absolute Gasteiger partial charge is 0.246 e. The number of benzene rings is 1. The number of halogens is 4. The highest BCUT2D eigenvalue weighted by Gasteiger charge is 2.31. The largest absolute Gasteiger partial charge is 0.352 e. The van der Waals surface area contributed by atoms with Crippen LogP contribution in [-0.2, 0) is 14.6 Å². The SMILES string of the molecule is C=C(C)C(=O)NCCCS(=O)(=O)c1c(F)c(F)c(C)c(F)c1F. The first-order valence-electron chi connectivity index (χ1n) is 6.49. The molecule has 0 aromatic heterocycles. The molecule has 0 saturated carbocycles. The number of hydrogen-bond donors (Lipinski definition) is 1. The zero-order valence-corrected chi connectivity index (χ0v) is 13.3. The monoisotopic (exact) mass is 353 g/mol. The molecular weight excluding hydrogens is 338 g/mol. The van der Waals surface area contributed by atoms with Gasteiger partial charge in [-0.1, -0.05) is 6.58 Å². The zero-order chi connectivity index (χ0) is 17.9. The average Bonchev–Trinajstić information content (AvgIpc) is 2.47. The molecule has 9 heteroatoms. The molecular formula is C14H15F4NO3S. The van der Waals surface area contributed by atoms with Crippen LogP contribution in [0.15, 0.2) is 17.0 Å². The molecule has 0 aliphatic rings. The molecule has 4 nitrogen and oxygen atoms in total. The highest BCUT2D eigenvalue weighted by atomic mass is 32.2. The summed E-state index contributed by atoms with van der Waals surface area (Å²) < 4.78 is 78.1. The van der Waals surface area contributed by atoms with Gasteiger partial charge in [-0.05, 0) is 20.3 Å². The number of hydrogen-bond acceptors (Lipinski definition) is 3. The van der Waals surface area contributed by atoms with Gasteiger partial charge in [0.2, 0.25) is 5.91 Å². The van der Waals surface area contributed by atoms with Crippen molar-refractivity contribution < 1.29 is 30.8 Å². The Labute approximate surface area is 131 Å². The lowest BCUT2D eigenvalue weighted by atomic mass is 10.2. The van der Waals surface area contributed by atoms with Crippen molar-refractivity contribution in [1.29, 1.82) is 0 Å². The third-order valence-electron chi connectivity index (χ3n) is 3.02. The fourth-order valence-electron chi connectivity index (χ4n) is 1.71. The van der Waals surface area contributed by atoms with Gasteiger partial charge in [-0.3, -0.25) is 4.79 Å². The molecule has 0 bridgehead atoms. The Morgan fingerprint density at radius 3 is 2.00 bits per heavy atom. The van der Waals surface area contributed by atoms with Gasteiger partial charge in [-0.25, -0.2) is 26.0 Å². The first kappa shape index (κ1) is 19.1. The van der Waals surface area contributed by atoms with Crippen LogP contribution in [0.25, 0.3) is 0 Å². The molecule has 1 N–H and O–H groups in total. The molecule has 0 heterocycles. The van der Waals surface area contributed by atoms with Gasteiger partial charge in [0.15, 0.2) is 33.1 Å². The minimum absolute atomic E-state index is 0.106. The van der Waals surface area contributed by atoms with Crippen molar-refractivity contribution >= 4 is 15.7 Å². The second kappa shape index (κ2) is 7.12. The summed E-state index contributed by atoms with van der Waals surface area (Å²) in [6.07, 6.45) is -0.197. The Morgan fingerprint density at radius 1 is 1.09 bits per heavy atom. The summed E-state index contributed by atoms with van der Waals surface area (Å²) in [6, 6.07) is 0. The standard InChI is InChI=1S/C14H15F4NO3S/c1-7(2)14(20)19-5-4-6-23(21,22)13-11(17)9(15)8(3)10(16)12(13)18/h1,4-6H2,2-3H3,(H,19,20). The Hall–Kier alpha value is -1.90. The summed E-state index contributed by atoms with van der Waals surface area (Å²) in [5.41, 5.74) is -0.736. The first-order chi connectivity index (χ1) is 10.5. The average molecular weight is 353 g/mol. The number of nitrogens with one attached hydrogen (secondary N) is 1. The fraction of sp³-hybridized carbons (Fsp3) is 0.357. The summed E-state index contributed by atoms with van der Waals surface area (Å²) in [5.74, 6) is -8.71. The van der Waals surface area contributed by atoms with E-state index in [1.54, 1.807) is 0 Å². The molecule has 0 unspecified atom stereocenters. The van der Waals surface area contributed by atoms with E-state index in [1.807, 2.05) is 0 Å². The van der Waals surface area contributed by atoms with E-state index in [9.17, 15) is 30.8 Å². The van der Waals surface area contributed by atoms with Gasteiger partial charge in [0.05, 0.1) is 5.75 Å². The number of rotatable bonds is 6. The molecule has 128 valence electrons. The van der Waals surface area contributed by atoms with Gasteiger partial charge < -0.3 is 5.32 Å². The summed E-state index contributed by atoms with van der Waals surface area (Å²) in [4.78, 5) is 9.56. The Kier molecular flexibility index (Phi) is 5.92. The van der Waals surface area contributed by atoms with E-state index in [0.717, 1.165) is 6.92 Å². The highest BCUT2D eigenvalue weighted by Crippen LogP contribution is 2.28. The molecule has 0 aliphatic heterocycles. The molecule has 0 spiro atoms. The topological polar surface area (TPSA) is 63.2 Å². The summed E-state index contributed by atoms with van der Waals surface area (Å²) in [5, 5.41) is 2.33. The summed E-state index contributed by atoms with van der Waals surface area (Å²) in [7, 11) is -4.61. The molecule has 1 rings (SSSR count). The maximum atomic E-state index is 13.7. The Balaban J connectivity index is 2.98. The molecule has 1 amide bonds. The summed E-state index contributed by atoms with van der Waals surface area (Å²) in [6.45, 7) is 5.49. The van der Waals surface area contributed by atoms with Crippen molar-refractivity contribution in [2.24, 2.45) is 0 Å². The Morgan fingerprint density at radius 2 is 1.57 bits per heavy atom. The third kappa shape index (κ3) is 4.10. The number of amides is 1. The molecule has 1 aromatic carbocycles. The van der Waals surface area contributed by atoms with Gasteiger partial charge in [0.25, 0.3) is 0 Å². The summed E-state index contributed by atoms with van der Waals surface area (Å²) >= 11 is 0. The van der Waals surface area contributed by atoms with Crippen LogP contribution in [0.1, 0.15) is 18.9 Å². The minimum Gasteiger partial charge on any atom is -0.352 e. The van der Waals surface area contributed by atoms with Crippen LogP contribution in [0.4, 0.5) is 17.6 Å². The molecule has 0 radical (unpaired) electrons. The van der Waals surface area contributed by atoms with Crippen molar-refractivity contribution in [3.63, 3.8) is 0 Å². The van der Waals surface area contributed by atoms with E-state index < -0.39 is 55.2 Å². The fourth-order valence-corrected chi connectivity index (χ4v) is 3.17. The molecule has 23 heavy (non-hydrogen) atoms. The third-order valence-corrected chi connectivity index (χ3v) is 4.82. The molecule has 0 aliphatic carbocycles. The highest BCUT2D eigenvalue weighted by molar-refractivity contribution is 7.91. The van der Waals surface area contributed by atoms with E-state index in [1.165, 1.54) is 6.92 Å². The lowest BCUT2D eigenvalue weighted by Crippen LogP contribution is -2.26. The van der Waals surface area contributed by atoms with E-state index in [2.05, 4.69) is 11.9 Å². The number of carbonyl (C=O) groups is 1. The van der Waals surface area contributed by atoms with E-state index in [4.69, 9.17) is 0 Å². The lowest BCUT2D eigenvalue weighted by Gasteiger charge is -2.11. The maximum Gasteiger partial charge on any atom is 0.246 e. The molecule has 0 fully saturated rings. The maximum absolute atomic E-state index is 13.7. The van der Waals surface area contributed by atoms with Crippen LogP contribution >= 0.6 is 0 Å². The normalized spacial score (nSPS) is 11.4. The van der Waals surface area contributed by atoms with Crippen LogP contribution in [0.5, 0.6) is 0 Å². The van der Waals surface area contributed by atoms with Gasteiger partial charge in [0.1, 0.15) is 4.90 Å². The van der Waals surface area contributed by atoms with Crippen LogP contribution < -0.4 is 5.32 Å². The number of sulfone groups is 1. The Bertz CT molecular complexity index is 731. The number of carbonyl (C=O) groups excluding carboxylic acids is 1. The van der Waals surface area contributed by atoms with Gasteiger partial charge in [0, 0.05) is 17.7 Å². The van der Waals surface area contributed by atoms with Crippen molar-refractivity contribution in [3.8, 4) is 0 Å². The molecule has 0 saturated heterocycles. The second-order valence-electron chi connectivity index (χ2n) is 4.92. The lowest BCUT2D eigenvalue weighted by molar-refractivity contribution is -0.117. The van der Waals surface area contributed by atoms with Crippen molar-refractivity contribution in [2.45, 2.75) is 25.2 Å². The van der Waals surface area contributed by atoms with Crippen molar-refractivity contribution in [2.75, 3.05) is 12.3 Å². The van der Waals surface area contributed by atoms with Crippen molar-refractivity contribution in [3.05, 3.63) is 41.0 Å². The van der Waals surface area contributed by atoms with E-state index >= 15 is 0 Å². The van der Waals surface area contributed by atoms with Crippen LogP contribution in [-0.4, -0.2) is 26.6 Å². The van der Waals surface area contributed by atoms with Crippen LogP contribution in [0.2, 0.25) is 0 Å². The first-order valence-corrected chi connectivity index (χ1v) is 8.15. The quantitative estimate of drug-likeness (QED) is 0.370. The predicted octanol–water partition coefficient (Wildman–Crippen LogP) is 2.41.